The SMILES string of the molecule is Cc1ccc(N=C2CC(C)(c3ccccc3)Nc3ccc(C)cc32)c(C#CC(C)(O)c2ccccc2)c1. The summed E-state index contributed by atoms with van der Waals surface area (Å²) in [5.74, 6) is 6.34. The van der Waals surface area contributed by atoms with E-state index < -0.39 is 5.60 Å². The molecule has 3 nitrogen and oxygen atoms in total. The Balaban J connectivity index is 1.61. The largest absolute Gasteiger partial charge is 0.375 e. The van der Waals surface area contributed by atoms with E-state index in [0.29, 0.717) is 0 Å². The monoisotopic (exact) mass is 484 g/mol. The number of hydrogen-bond acceptors (Lipinski definition) is 3. The van der Waals surface area contributed by atoms with Crippen molar-refractivity contribution in [1.82, 2.24) is 0 Å². The summed E-state index contributed by atoms with van der Waals surface area (Å²) in [5.41, 5.74) is 7.54. The van der Waals surface area contributed by atoms with Gasteiger partial charge in [-0.05, 0) is 68.7 Å². The van der Waals surface area contributed by atoms with Crippen LogP contribution in [-0.2, 0) is 11.1 Å². The van der Waals surface area contributed by atoms with Crippen molar-refractivity contribution < 1.29 is 5.11 Å². The number of rotatable bonds is 3. The van der Waals surface area contributed by atoms with Gasteiger partial charge in [-0.2, -0.15) is 0 Å². The number of fused-ring (bicyclic) bond motifs is 1. The van der Waals surface area contributed by atoms with E-state index >= 15 is 0 Å². The molecule has 2 unspecified atom stereocenters. The second-order valence-corrected chi connectivity index (χ2v) is 10.3. The second-order valence-electron chi connectivity index (χ2n) is 10.3. The van der Waals surface area contributed by atoms with Gasteiger partial charge in [0, 0.05) is 17.7 Å². The summed E-state index contributed by atoms with van der Waals surface area (Å²) in [6.07, 6.45) is 0.732. The number of nitrogens with one attached hydrogen (secondary N) is 1. The van der Waals surface area contributed by atoms with Crippen LogP contribution >= 0.6 is 0 Å². The average Bonchev–Trinajstić information content (AvgIpc) is 2.90. The average molecular weight is 485 g/mol. The van der Waals surface area contributed by atoms with Gasteiger partial charge in [0.1, 0.15) is 5.60 Å². The van der Waals surface area contributed by atoms with E-state index in [2.05, 4.69) is 79.5 Å². The molecule has 4 aromatic rings. The van der Waals surface area contributed by atoms with Crippen molar-refractivity contribution in [3.8, 4) is 11.8 Å². The van der Waals surface area contributed by atoms with Gasteiger partial charge in [-0.3, -0.25) is 4.99 Å². The number of aryl methyl sites for hydroxylation is 2. The molecule has 0 saturated heterocycles. The van der Waals surface area contributed by atoms with Crippen LogP contribution < -0.4 is 5.32 Å². The summed E-state index contributed by atoms with van der Waals surface area (Å²) in [7, 11) is 0. The lowest BCUT2D eigenvalue weighted by atomic mass is 9.80. The minimum absolute atomic E-state index is 0.296. The van der Waals surface area contributed by atoms with E-state index in [1.165, 1.54) is 11.1 Å². The van der Waals surface area contributed by atoms with Crippen LogP contribution in [0, 0.1) is 25.7 Å². The molecule has 0 aromatic heterocycles. The van der Waals surface area contributed by atoms with Gasteiger partial charge in [-0.15, -0.1) is 0 Å². The van der Waals surface area contributed by atoms with E-state index in [9.17, 15) is 5.11 Å². The number of hydrogen-bond donors (Lipinski definition) is 2. The van der Waals surface area contributed by atoms with Crippen LogP contribution in [0.15, 0.2) is 102 Å². The van der Waals surface area contributed by atoms with Crippen molar-refractivity contribution in [3.63, 3.8) is 0 Å². The second kappa shape index (κ2) is 9.73. The Kier molecular flexibility index (Phi) is 6.46. The molecule has 0 saturated carbocycles. The van der Waals surface area contributed by atoms with Gasteiger partial charge in [0.25, 0.3) is 0 Å². The third kappa shape index (κ3) is 5.21. The molecule has 1 aliphatic rings. The molecule has 37 heavy (non-hydrogen) atoms. The predicted octanol–water partition coefficient (Wildman–Crippen LogP) is 7.41. The van der Waals surface area contributed by atoms with Crippen molar-refractivity contribution in [2.75, 3.05) is 5.32 Å². The third-order valence-corrected chi connectivity index (χ3v) is 7.01. The molecule has 1 aliphatic heterocycles. The Hall–Kier alpha value is -4.13. The number of nitrogens with zero attached hydrogens (tertiary/aromatic N) is 1. The van der Waals surface area contributed by atoms with E-state index in [0.717, 1.165) is 45.8 Å². The minimum Gasteiger partial charge on any atom is -0.375 e. The number of anilines is 1. The summed E-state index contributed by atoms with van der Waals surface area (Å²) >= 11 is 0. The first-order valence-corrected chi connectivity index (χ1v) is 12.7. The quantitative estimate of drug-likeness (QED) is 0.297. The van der Waals surface area contributed by atoms with Crippen LogP contribution in [-0.4, -0.2) is 10.8 Å². The van der Waals surface area contributed by atoms with Crippen molar-refractivity contribution >= 4 is 17.1 Å². The summed E-state index contributed by atoms with van der Waals surface area (Å²) in [6.45, 7) is 8.12. The van der Waals surface area contributed by atoms with Crippen LogP contribution in [0.2, 0.25) is 0 Å². The van der Waals surface area contributed by atoms with Crippen LogP contribution in [0.1, 0.15) is 53.6 Å². The molecule has 0 amide bonds. The molecular formula is C34H32N2O. The van der Waals surface area contributed by atoms with E-state index in [1.54, 1.807) is 6.92 Å². The third-order valence-electron chi connectivity index (χ3n) is 7.01. The van der Waals surface area contributed by atoms with Gasteiger partial charge in [0.2, 0.25) is 0 Å². The highest BCUT2D eigenvalue weighted by Crippen LogP contribution is 2.39. The molecule has 4 aromatic carbocycles. The lowest BCUT2D eigenvalue weighted by Crippen LogP contribution is -2.39. The normalized spacial score (nSPS) is 19.2. The minimum atomic E-state index is -1.26. The van der Waals surface area contributed by atoms with E-state index in [-0.39, 0.29) is 5.54 Å². The van der Waals surface area contributed by atoms with Crippen molar-refractivity contribution in [2.24, 2.45) is 4.99 Å². The Labute approximate surface area is 219 Å². The molecule has 2 atom stereocenters. The highest BCUT2D eigenvalue weighted by molar-refractivity contribution is 6.09. The molecule has 0 aliphatic carbocycles. The summed E-state index contributed by atoms with van der Waals surface area (Å²) in [5, 5.41) is 14.8. The Morgan fingerprint density at radius 3 is 2.24 bits per heavy atom. The highest BCUT2D eigenvalue weighted by Gasteiger charge is 2.34. The molecule has 184 valence electrons. The lowest BCUT2D eigenvalue weighted by Gasteiger charge is -2.38. The zero-order chi connectivity index (χ0) is 26.0. The van der Waals surface area contributed by atoms with Crippen molar-refractivity contribution in [1.29, 1.82) is 0 Å². The first-order chi connectivity index (χ1) is 17.7. The first kappa shape index (κ1) is 24.6. The molecule has 5 rings (SSSR count). The highest BCUT2D eigenvalue weighted by atomic mass is 16.3. The van der Waals surface area contributed by atoms with Crippen LogP contribution in [0.5, 0.6) is 0 Å². The standard InChI is InChI=1S/C34H32N2O/c1-24-15-17-30(26(21-24)19-20-34(4,37)28-13-9-6-10-14-28)35-32-23-33(3,27-11-7-5-8-12-27)36-31-18-16-25(2)22-29(31)32/h5-18,21-22,36-37H,23H2,1-4H3. The molecule has 0 fully saturated rings. The zero-order valence-electron chi connectivity index (χ0n) is 21.8. The fourth-order valence-electron chi connectivity index (χ4n) is 4.87. The Morgan fingerprint density at radius 2 is 1.51 bits per heavy atom. The molecule has 0 radical (unpaired) electrons. The van der Waals surface area contributed by atoms with Gasteiger partial charge in [0.05, 0.1) is 22.5 Å². The molecule has 0 spiro atoms. The maximum absolute atomic E-state index is 11.1. The molecule has 0 bridgehead atoms. The summed E-state index contributed by atoms with van der Waals surface area (Å²) in [4.78, 5) is 5.23. The maximum Gasteiger partial charge on any atom is 0.148 e. The van der Waals surface area contributed by atoms with Gasteiger partial charge in [0.15, 0.2) is 0 Å². The van der Waals surface area contributed by atoms with E-state index in [4.69, 9.17) is 4.99 Å². The smallest absolute Gasteiger partial charge is 0.148 e. The summed E-state index contributed by atoms with van der Waals surface area (Å²) in [6, 6.07) is 32.7. The van der Waals surface area contributed by atoms with Gasteiger partial charge < -0.3 is 10.4 Å². The maximum atomic E-state index is 11.1. The topological polar surface area (TPSA) is 44.6 Å². The lowest BCUT2D eigenvalue weighted by molar-refractivity contribution is 0.122. The van der Waals surface area contributed by atoms with Crippen molar-refractivity contribution in [2.45, 2.75) is 45.3 Å². The Morgan fingerprint density at radius 1 is 0.865 bits per heavy atom. The molecule has 2 N–H and O–H groups in total. The number of benzene rings is 4. The van der Waals surface area contributed by atoms with Gasteiger partial charge >= 0.3 is 0 Å². The fraction of sp³-hybridized carbons (Fsp3) is 0.206. The van der Waals surface area contributed by atoms with E-state index in [1.807, 2.05) is 55.5 Å². The molecular weight excluding hydrogens is 452 g/mol. The van der Waals surface area contributed by atoms with Crippen LogP contribution in [0.25, 0.3) is 0 Å². The van der Waals surface area contributed by atoms with Crippen LogP contribution in [0.4, 0.5) is 11.4 Å². The predicted molar refractivity (Wildman–Crippen MR) is 153 cm³/mol. The number of aliphatic hydroxyl groups is 1. The van der Waals surface area contributed by atoms with Crippen molar-refractivity contribution in [3.05, 3.63) is 130 Å². The zero-order valence-corrected chi connectivity index (χ0v) is 21.8. The fourth-order valence-corrected chi connectivity index (χ4v) is 4.87. The van der Waals surface area contributed by atoms with Gasteiger partial charge in [-0.25, -0.2) is 0 Å². The number of aliphatic imine (C=N–C) groups is 1. The molecule has 1 heterocycles. The molecule has 3 heteroatoms. The summed E-state index contributed by atoms with van der Waals surface area (Å²) < 4.78 is 0. The van der Waals surface area contributed by atoms with Gasteiger partial charge in [-0.1, -0.05) is 90.2 Å². The Bertz CT molecular complexity index is 1520. The van der Waals surface area contributed by atoms with Crippen LogP contribution in [0.3, 0.4) is 0 Å². The first-order valence-electron chi connectivity index (χ1n) is 12.7.